The number of unbranched alkanes of at least 4 members (excludes halogenated alkanes) is 2. The Balaban J connectivity index is 1.68. The molecule has 0 spiro atoms. The lowest BCUT2D eigenvalue weighted by Crippen LogP contribution is -2.31. The van der Waals surface area contributed by atoms with Gasteiger partial charge in [-0.1, -0.05) is 78.0 Å². The molecule has 62 heavy (non-hydrogen) atoms. The van der Waals surface area contributed by atoms with E-state index in [4.69, 9.17) is 4.42 Å². The average Bonchev–Trinajstić information content (AvgIpc) is 3.25. The predicted octanol–water partition coefficient (Wildman–Crippen LogP) is 12.1. The van der Waals surface area contributed by atoms with Gasteiger partial charge in [-0.25, -0.2) is 9.59 Å². The fourth-order valence-electron chi connectivity index (χ4n) is 8.61. The molecule has 4 aromatic rings. The van der Waals surface area contributed by atoms with Crippen molar-refractivity contribution in [2.75, 3.05) is 18.0 Å². The van der Waals surface area contributed by atoms with Crippen LogP contribution in [0, 0.1) is 25.7 Å². The minimum absolute atomic E-state index is 0.208. The van der Waals surface area contributed by atoms with Crippen molar-refractivity contribution in [3.8, 4) is 22.5 Å². The van der Waals surface area contributed by atoms with Crippen LogP contribution in [-0.4, -0.2) is 48.2 Å². The number of rotatable bonds is 19. The lowest BCUT2D eigenvalue weighted by molar-refractivity contribution is 0.0686. The molecule has 11 heteroatoms. The first-order chi connectivity index (χ1) is 29.7. The first-order valence-electron chi connectivity index (χ1n) is 21.8. The van der Waals surface area contributed by atoms with E-state index >= 15 is 0 Å². The van der Waals surface area contributed by atoms with Crippen LogP contribution in [0.1, 0.15) is 111 Å². The van der Waals surface area contributed by atoms with E-state index in [2.05, 4.69) is 37.2 Å². The van der Waals surface area contributed by atoms with Crippen molar-refractivity contribution in [3.63, 3.8) is 0 Å². The van der Waals surface area contributed by atoms with Crippen LogP contribution in [0.3, 0.4) is 0 Å². The summed E-state index contributed by atoms with van der Waals surface area (Å²) in [5.41, 5.74) is 6.65. The first kappa shape index (κ1) is 45.7. The van der Waals surface area contributed by atoms with Crippen LogP contribution >= 0.6 is 0 Å². The predicted molar refractivity (Wildman–Crippen MR) is 248 cm³/mol. The third-order valence-electron chi connectivity index (χ3n) is 12.2. The van der Waals surface area contributed by atoms with Crippen molar-refractivity contribution in [2.45, 2.75) is 97.8 Å². The summed E-state index contributed by atoms with van der Waals surface area (Å²) in [6.45, 7) is 13.9. The lowest BCUT2D eigenvalue weighted by Gasteiger charge is -2.31. The Morgan fingerprint density at radius 3 is 1.98 bits per heavy atom. The molecule has 0 bridgehead atoms. The lowest BCUT2D eigenvalue weighted by atomic mass is 9.93. The molecular weight excluding hydrogens is 801 g/mol. The van der Waals surface area contributed by atoms with Crippen LogP contribution in [-0.2, 0) is 10.1 Å². The van der Waals surface area contributed by atoms with Gasteiger partial charge in [0.25, 0.3) is 10.1 Å². The molecule has 6 rings (SSSR count). The summed E-state index contributed by atoms with van der Waals surface area (Å²) in [6, 6.07) is 28.5. The van der Waals surface area contributed by atoms with Crippen molar-refractivity contribution in [1.29, 1.82) is 0 Å². The van der Waals surface area contributed by atoms with Crippen LogP contribution in [0.25, 0.3) is 33.4 Å². The molecule has 3 N–H and O–H groups in total. The Bertz CT molecular complexity index is 2740. The summed E-state index contributed by atoms with van der Waals surface area (Å²) in [4.78, 5) is 25.9. The number of carboxylic acids is 2. The highest BCUT2D eigenvalue weighted by Crippen LogP contribution is 2.44. The molecule has 2 aliphatic rings. The normalized spacial score (nSPS) is 13.3. The largest absolute Gasteiger partial charge is 0.478 e. The summed E-state index contributed by atoms with van der Waals surface area (Å²) < 4.78 is 45.6. The molecule has 1 aliphatic carbocycles. The molecule has 1 aliphatic heterocycles. The molecule has 1 heterocycles. The quantitative estimate of drug-likeness (QED) is 0.0411. The van der Waals surface area contributed by atoms with E-state index in [9.17, 15) is 32.8 Å². The second-order valence-corrected chi connectivity index (χ2v) is 17.9. The molecule has 0 fully saturated rings. The van der Waals surface area contributed by atoms with Gasteiger partial charge in [-0.3, -0.25) is 4.55 Å². The molecule has 0 radical (unpaired) electrons. The maximum absolute atomic E-state index is 13.0. The monoisotopic (exact) mass is 859 g/mol. The summed E-state index contributed by atoms with van der Waals surface area (Å²) in [5.74, 6) is -0.805. The zero-order chi connectivity index (χ0) is 44.7. The second-order valence-electron chi connectivity index (χ2n) is 16.5. The van der Waals surface area contributed by atoms with E-state index in [-0.39, 0.29) is 16.0 Å². The van der Waals surface area contributed by atoms with Gasteiger partial charge in [0.1, 0.15) is 16.2 Å². The molecule has 0 amide bonds. The molecule has 0 saturated carbocycles. The number of aryl methyl sites for hydroxylation is 2. The zero-order valence-corrected chi connectivity index (χ0v) is 37.5. The van der Waals surface area contributed by atoms with Crippen molar-refractivity contribution < 1.29 is 37.2 Å². The van der Waals surface area contributed by atoms with Crippen LogP contribution < -0.4 is 14.8 Å². The number of carbonyl (C=O) groups is 2. The number of aromatic carboxylic acids is 2. The Kier molecular flexibility index (Phi) is 14.7. The number of hydrogen-bond donors (Lipinski definition) is 3. The van der Waals surface area contributed by atoms with Gasteiger partial charge < -0.3 is 19.5 Å². The van der Waals surface area contributed by atoms with E-state index in [1.807, 2.05) is 62.4 Å². The van der Waals surface area contributed by atoms with E-state index < -0.39 is 22.1 Å². The van der Waals surface area contributed by atoms with Gasteiger partial charge in [0.2, 0.25) is 11.0 Å². The second kappa shape index (κ2) is 19.9. The minimum atomic E-state index is -4.64. The molecule has 10 nitrogen and oxygen atoms in total. The Morgan fingerprint density at radius 1 is 0.726 bits per heavy atom. The van der Waals surface area contributed by atoms with E-state index in [0.717, 1.165) is 84.9 Å². The number of fused-ring (bicyclic) bond motifs is 2. The van der Waals surface area contributed by atoms with Gasteiger partial charge >= 0.3 is 11.9 Å². The van der Waals surface area contributed by atoms with Gasteiger partial charge in [-0.05, 0) is 99.2 Å². The van der Waals surface area contributed by atoms with Gasteiger partial charge in [0, 0.05) is 69.7 Å². The van der Waals surface area contributed by atoms with Gasteiger partial charge in [-0.2, -0.15) is 13.0 Å². The third kappa shape index (κ3) is 10.1. The molecule has 0 saturated heterocycles. The van der Waals surface area contributed by atoms with Crippen molar-refractivity contribution in [2.24, 2.45) is 11.8 Å². The SMILES string of the molecule is CCCCC(CC)CN(c1ccc2c(-c3ccccc3S(=O)(=O)O)c3ccc(=[N+](CC(CC)CCCC)c4ccc(C(=O)O)cc4C)cc-3oc2c1)c1ccc(C(=O)O)cc1C. The highest BCUT2D eigenvalue weighted by molar-refractivity contribution is 7.86. The number of anilines is 2. The Morgan fingerprint density at radius 2 is 1.37 bits per heavy atom. The number of hydrogen-bond acceptors (Lipinski definition) is 6. The van der Waals surface area contributed by atoms with Gasteiger partial charge in [0.05, 0.1) is 17.2 Å². The van der Waals surface area contributed by atoms with Crippen molar-refractivity contribution in [3.05, 3.63) is 125 Å². The minimum Gasteiger partial charge on any atom is -0.478 e. The molecule has 4 aromatic carbocycles. The molecular formula is C51H59N2O8S+. The maximum atomic E-state index is 13.0. The summed E-state index contributed by atoms with van der Waals surface area (Å²) in [6.07, 6.45) is 8.28. The first-order valence-corrected chi connectivity index (χ1v) is 23.3. The number of carboxylic acid groups (broad SMARTS) is 2. The van der Waals surface area contributed by atoms with E-state index in [0.29, 0.717) is 58.3 Å². The zero-order valence-electron chi connectivity index (χ0n) is 36.6. The molecule has 0 aromatic heterocycles. The smallest absolute Gasteiger partial charge is 0.335 e. The van der Waals surface area contributed by atoms with Crippen LogP contribution in [0.2, 0.25) is 0 Å². The van der Waals surface area contributed by atoms with Gasteiger partial charge in [-0.15, -0.1) is 0 Å². The number of nitrogens with zero attached hydrogens (tertiary/aromatic N) is 2. The molecule has 2 atom stereocenters. The summed E-state index contributed by atoms with van der Waals surface area (Å²) >= 11 is 0. The highest BCUT2D eigenvalue weighted by Gasteiger charge is 2.27. The van der Waals surface area contributed by atoms with E-state index in [1.165, 1.54) is 6.07 Å². The van der Waals surface area contributed by atoms with Crippen LogP contribution in [0.5, 0.6) is 0 Å². The highest BCUT2D eigenvalue weighted by atomic mass is 32.2. The number of benzene rings is 5. The maximum Gasteiger partial charge on any atom is 0.335 e. The van der Waals surface area contributed by atoms with E-state index in [1.54, 1.807) is 42.5 Å². The standard InChI is InChI=1S/C51H58N2O8S/c1-7-11-15-35(9-3)31-52(44-25-19-37(50(54)55)27-33(44)5)39-21-23-41-46(29-39)61-47-30-40(22-24-42(47)49(41)43-17-13-14-18-48(43)62(58,59)60)53(32-36(10-4)16-12-8-2)45-26-20-38(51(56)57)28-34(45)6/h13-14,17-30,35-36H,7-12,15-16,31-32H2,1-6H3,(H2-,54,55,56,57,58,59,60)/p+1. The fourth-order valence-corrected chi connectivity index (χ4v) is 9.31. The summed E-state index contributed by atoms with van der Waals surface area (Å²) in [5, 5.41) is 21.0. The third-order valence-corrected chi connectivity index (χ3v) is 13.1. The summed E-state index contributed by atoms with van der Waals surface area (Å²) in [7, 11) is -4.64. The van der Waals surface area contributed by atoms with Crippen molar-refractivity contribution in [1.82, 2.24) is 4.58 Å². The Hall–Kier alpha value is -5.78. The van der Waals surface area contributed by atoms with Gasteiger partial charge in [0.15, 0.2) is 6.54 Å². The average molecular weight is 860 g/mol. The van der Waals surface area contributed by atoms with Crippen LogP contribution in [0.15, 0.2) is 106 Å². The topological polar surface area (TPSA) is 148 Å². The molecule has 2 unspecified atom stereocenters. The fraction of sp³-hybridized carbons (Fsp3) is 0.353. The van der Waals surface area contributed by atoms with Crippen LogP contribution in [0.4, 0.5) is 17.1 Å². The molecule has 326 valence electrons. The Labute approximate surface area is 365 Å². The van der Waals surface area contributed by atoms with Crippen molar-refractivity contribution >= 4 is 50.1 Å².